The minimum atomic E-state index is -0.586. The zero-order chi connectivity index (χ0) is 19.4. The molecular formula is C18H19ClFN3O2S2. The summed E-state index contributed by atoms with van der Waals surface area (Å²) in [5, 5.41) is 3.35. The summed E-state index contributed by atoms with van der Waals surface area (Å²) in [7, 11) is 0. The first-order chi connectivity index (χ1) is 12.9. The van der Waals surface area contributed by atoms with Crippen LogP contribution < -0.4 is 0 Å². The molecule has 1 fully saturated rings. The molecule has 0 unspecified atom stereocenters. The van der Waals surface area contributed by atoms with Crippen LogP contribution in [0.2, 0.25) is 5.02 Å². The number of thioether (sulfide) groups is 1. The second kappa shape index (κ2) is 9.03. The number of aromatic nitrogens is 1. The summed E-state index contributed by atoms with van der Waals surface area (Å²) in [6.07, 6.45) is 0. The van der Waals surface area contributed by atoms with Crippen LogP contribution in [0.4, 0.5) is 4.39 Å². The number of benzene rings is 1. The third kappa shape index (κ3) is 5.21. The Hall–Kier alpha value is -1.64. The Morgan fingerprint density at radius 3 is 2.63 bits per heavy atom. The van der Waals surface area contributed by atoms with Crippen molar-refractivity contribution in [3.63, 3.8) is 0 Å². The molecule has 9 heteroatoms. The van der Waals surface area contributed by atoms with Gasteiger partial charge in [-0.3, -0.25) is 9.59 Å². The molecule has 3 rings (SSSR count). The lowest BCUT2D eigenvalue weighted by molar-refractivity contribution is -0.129. The van der Waals surface area contributed by atoms with Crippen molar-refractivity contribution in [1.82, 2.24) is 14.8 Å². The van der Waals surface area contributed by atoms with Gasteiger partial charge in [0.15, 0.2) is 0 Å². The van der Waals surface area contributed by atoms with Crippen molar-refractivity contribution in [2.45, 2.75) is 12.7 Å². The van der Waals surface area contributed by atoms with E-state index in [2.05, 4.69) is 4.98 Å². The Labute approximate surface area is 170 Å². The fourth-order valence-electron chi connectivity index (χ4n) is 2.80. The molecule has 2 heterocycles. The van der Waals surface area contributed by atoms with Crippen LogP contribution in [-0.4, -0.2) is 58.5 Å². The van der Waals surface area contributed by atoms with E-state index in [0.717, 1.165) is 10.7 Å². The first kappa shape index (κ1) is 20.1. The summed E-state index contributed by atoms with van der Waals surface area (Å²) in [6.45, 7) is 3.62. The van der Waals surface area contributed by atoms with Gasteiger partial charge in [-0.25, -0.2) is 9.37 Å². The molecule has 5 nitrogen and oxygen atoms in total. The lowest BCUT2D eigenvalue weighted by Crippen LogP contribution is -2.51. The third-order valence-electron chi connectivity index (χ3n) is 4.22. The predicted molar refractivity (Wildman–Crippen MR) is 107 cm³/mol. The molecule has 1 aromatic carbocycles. The smallest absolute Gasteiger partial charge is 0.257 e. The number of carbonyl (C=O) groups is 2. The maximum atomic E-state index is 13.9. The summed E-state index contributed by atoms with van der Waals surface area (Å²) in [6, 6.07) is 3.94. The monoisotopic (exact) mass is 427 g/mol. The number of carbonyl (C=O) groups excluding carboxylic acids is 2. The fourth-order valence-corrected chi connectivity index (χ4v) is 4.51. The second-order valence-electron chi connectivity index (χ2n) is 6.15. The van der Waals surface area contributed by atoms with Gasteiger partial charge >= 0.3 is 0 Å². The van der Waals surface area contributed by atoms with E-state index in [1.807, 2.05) is 12.3 Å². The van der Waals surface area contributed by atoms with Crippen LogP contribution in [0.3, 0.4) is 0 Å². The number of amides is 2. The molecule has 1 aliphatic rings. The molecular weight excluding hydrogens is 409 g/mol. The average molecular weight is 428 g/mol. The fraction of sp³-hybridized carbons (Fsp3) is 0.389. The van der Waals surface area contributed by atoms with E-state index >= 15 is 0 Å². The molecule has 0 N–H and O–H groups in total. The van der Waals surface area contributed by atoms with Crippen molar-refractivity contribution < 1.29 is 14.0 Å². The van der Waals surface area contributed by atoms with Crippen LogP contribution >= 0.6 is 34.7 Å². The van der Waals surface area contributed by atoms with Crippen LogP contribution in [0.5, 0.6) is 0 Å². The highest BCUT2D eigenvalue weighted by Gasteiger charge is 2.26. The highest BCUT2D eigenvalue weighted by Crippen LogP contribution is 2.19. The zero-order valence-corrected chi connectivity index (χ0v) is 17.2. The number of hydrogen-bond acceptors (Lipinski definition) is 5. The Kier molecular flexibility index (Phi) is 6.73. The van der Waals surface area contributed by atoms with E-state index in [0.29, 0.717) is 42.7 Å². The Morgan fingerprint density at radius 1 is 1.26 bits per heavy atom. The molecule has 2 amide bonds. The minimum absolute atomic E-state index is 0.0311. The first-order valence-electron chi connectivity index (χ1n) is 8.45. The predicted octanol–water partition coefficient (Wildman–Crippen LogP) is 3.46. The van der Waals surface area contributed by atoms with Gasteiger partial charge in [-0.05, 0) is 25.1 Å². The molecule has 1 saturated heterocycles. The van der Waals surface area contributed by atoms with E-state index in [9.17, 15) is 14.0 Å². The lowest BCUT2D eigenvalue weighted by Gasteiger charge is -2.34. The maximum absolute atomic E-state index is 13.9. The quantitative estimate of drug-likeness (QED) is 0.733. The molecule has 0 bridgehead atoms. The molecule has 1 aromatic heterocycles. The highest BCUT2D eigenvalue weighted by atomic mass is 35.5. The van der Waals surface area contributed by atoms with Gasteiger partial charge in [-0.2, -0.15) is 0 Å². The second-order valence-corrected chi connectivity index (χ2v) is 8.63. The topological polar surface area (TPSA) is 53.5 Å². The number of piperazine rings is 1. The number of nitrogens with zero attached hydrogens (tertiary/aromatic N) is 3. The van der Waals surface area contributed by atoms with E-state index in [1.165, 1.54) is 30.0 Å². The number of rotatable bonds is 5. The molecule has 0 spiro atoms. The Morgan fingerprint density at radius 2 is 1.96 bits per heavy atom. The van der Waals surface area contributed by atoms with Crippen LogP contribution in [0, 0.1) is 12.7 Å². The largest absolute Gasteiger partial charge is 0.338 e. The van der Waals surface area contributed by atoms with Crippen molar-refractivity contribution in [3.05, 3.63) is 50.7 Å². The van der Waals surface area contributed by atoms with Crippen LogP contribution in [0.15, 0.2) is 23.6 Å². The van der Waals surface area contributed by atoms with Crippen LogP contribution in [0.1, 0.15) is 21.1 Å². The van der Waals surface area contributed by atoms with E-state index < -0.39 is 11.7 Å². The van der Waals surface area contributed by atoms with Gasteiger partial charge in [0.05, 0.1) is 22.0 Å². The molecule has 1 aliphatic heterocycles. The molecule has 0 atom stereocenters. The van der Waals surface area contributed by atoms with Crippen molar-refractivity contribution in [3.8, 4) is 0 Å². The summed E-state index contributed by atoms with van der Waals surface area (Å²) in [5.41, 5.74) is 0.964. The first-order valence-corrected chi connectivity index (χ1v) is 10.9. The van der Waals surface area contributed by atoms with Gasteiger partial charge in [0, 0.05) is 42.3 Å². The molecule has 27 heavy (non-hydrogen) atoms. The number of thiazole rings is 1. The average Bonchev–Trinajstić information content (AvgIpc) is 3.08. The van der Waals surface area contributed by atoms with Crippen molar-refractivity contribution in [2.75, 3.05) is 31.9 Å². The van der Waals surface area contributed by atoms with Gasteiger partial charge in [0.2, 0.25) is 5.91 Å². The van der Waals surface area contributed by atoms with E-state index in [1.54, 1.807) is 21.1 Å². The van der Waals surface area contributed by atoms with Crippen LogP contribution in [0.25, 0.3) is 0 Å². The van der Waals surface area contributed by atoms with Gasteiger partial charge in [-0.1, -0.05) is 11.6 Å². The third-order valence-corrected chi connectivity index (χ3v) is 6.23. The van der Waals surface area contributed by atoms with E-state index in [-0.39, 0.29) is 11.5 Å². The lowest BCUT2D eigenvalue weighted by atomic mass is 10.1. The normalized spacial score (nSPS) is 14.5. The summed E-state index contributed by atoms with van der Waals surface area (Å²) in [5.74, 6) is 0.163. The van der Waals surface area contributed by atoms with Gasteiger partial charge in [-0.15, -0.1) is 23.1 Å². The molecule has 0 saturated carbocycles. The van der Waals surface area contributed by atoms with Gasteiger partial charge in [0.25, 0.3) is 5.91 Å². The van der Waals surface area contributed by atoms with Crippen molar-refractivity contribution >= 4 is 46.5 Å². The van der Waals surface area contributed by atoms with Crippen molar-refractivity contribution in [1.29, 1.82) is 0 Å². The van der Waals surface area contributed by atoms with E-state index in [4.69, 9.17) is 11.6 Å². The Balaban J connectivity index is 1.47. The molecule has 0 radical (unpaired) electrons. The number of halogens is 2. The molecule has 2 aromatic rings. The zero-order valence-electron chi connectivity index (χ0n) is 14.8. The highest BCUT2D eigenvalue weighted by molar-refractivity contribution is 7.99. The summed E-state index contributed by atoms with van der Waals surface area (Å²) < 4.78 is 13.9. The summed E-state index contributed by atoms with van der Waals surface area (Å²) in [4.78, 5) is 32.5. The van der Waals surface area contributed by atoms with Gasteiger partial charge < -0.3 is 9.80 Å². The van der Waals surface area contributed by atoms with Crippen molar-refractivity contribution in [2.24, 2.45) is 0 Å². The SMILES string of the molecule is Cc1nc(CSCC(=O)N2CCN(C(=O)c3cc(Cl)ccc3F)CC2)cs1. The molecule has 0 aliphatic carbocycles. The number of hydrogen-bond donors (Lipinski definition) is 0. The van der Waals surface area contributed by atoms with Crippen LogP contribution in [-0.2, 0) is 10.5 Å². The summed E-state index contributed by atoms with van der Waals surface area (Å²) >= 11 is 9.00. The molecule has 144 valence electrons. The maximum Gasteiger partial charge on any atom is 0.257 e. The standard InChI is InChI=1S/C18H19ClFN3O2S2/c1-12-21-14(10-27-12)9-26-11-17(24)22-4-6-23(7-5-22)18(25)15-8-13(19)2-3-16(15)20/h2-3,8,10H,4-7,9,11H2,1H3. The Bertz CT molecular complexity index is 838. The minimum Gasteiger partial charge on any atom is -0.338 e. The van der Waals surface area contributed by atoms with Gasteiger partial charge in [0.1, 0.15) is 5.82 Å². The number of aryl methyl sites for hydroxylation is 1.